The van der Waals surface area contributed by atoms with Crippen LogP contribution in [0.15, 0.2) is 29.3 Å². The molecule has 73 heavy (non-hydrogen) atoms. The third kappa shape index (κ3) is 22.7. The number of aliphatic carboxylic acids is 1. The number of aromatic nitrogens is 2. The molecule has 1 aromatic heterocycles. The first kappa shape index (κ1) is 62.3. The van der Waals surface area contributed by atoms with Crippen LogP contribution in [0.2, 0.25) is 0 Å². The van der Waals surface area contributed by atoms with Crippen molar-refractivity contribution in [1.29, 1.82) is 0 Å². The Morgan fingerprint density at radius 2 is 1.55 bits per heavy atom. The van der Waals surface area contributed by atoms with Crippen LogP contribution in [0.4, 0.5) is 0 Å². The number of likely N-dealkylation sites (tertiary alicyclic amines) is 1. The number of carbonyl (C=O) groups is 9. The topological polar surface area (TPSA) is 491 Å². The van der Waals surface area contributed by atoms with Gasteiger partial charge in [0.1, 0.15) is 41.9 Å². The molecule has 1 aromatic rings. The van der Waals surface area contributed by atoms with E-state index >= 15 is 0 Å². The van der Waals surface area contributed by atoms with Crippen molar-refractivity contribution in [2.45, 2.75) is 132 Å². The summed E-state index contributed by atoms with van der Waals surface area (Å²) >= 11 is 0. The summed E-state index contributed by atoms with van der Waals surface area (Å²) in [5, 5.41) is 40.6. The molecule has 1 aliphatic rings. The first-order valence-electron chi connectivity index (χ1n) is 24.3. The van der Waals surface area contributed by atoms with Crippen LogP contribution in [0.5, 0.6) is 0 Å². The van der Waals surface area contributed by atoms with Crippen LogP contribution in [-0.4, -0.2) is 186 Å². The van der Waals surface area contributed by atoms with Crippen molar-refractivity contribution in [3.8, 4) is 0 Å². The maximum atomic E-state index is 14.2. The largest absolute Gasteiger partial charge is 0.477 e. The van der Waals surface area contributed by atoms with Gasteiger partial charge in [-0.15, -0.1) is 0 Å². The van der Waals surface area contributed by atoms with E-state index in [0.29, 0.717) is 37.8 Å². The van der Waals surface area contributed by atoms with Gasteiger partial charge in [-0.25, -0.2) is 9.78 Å². The highest BCUT2D eigenvalue weighted by molar-refractivity contribution is 5.99. The molecule has 0 radical (unpaired) electrons. The lowest BCUT2D eigenvalue weighted by Gasteiger charge is -2.30. The molecule has 29 nitrogen and oxygen atoms in total. The summed E-state index contributed by atoms with van der Waals surface area (Å²) in [5.41, 5.74) is 33.6. The van der Waals surface area contributed by atoms with Gasteiger partial charge in [-0.1, -0.05) is 12.5 Å². The monoisotopic (exact) mass is 1030 g/mol. The fourth-order valence-electron chi connectivity index (χ4n) is 7.49. The molecule has 0 bridgehead atoms. The lowest BCUT2D eigenvalue weighted by molar-refractivity contribution is -0.142. The number of unbranched alkanes of at least 4 members (excludes halogenated alkanes) is 2. The Bertz CT molecular complexity index is 2020. The first-order chi connectivity index (χ1) is 34.8. The molecule has 2 heterocycles. The van der Waals surface area contributed by atoms with Gasteiger partial charge in [0.05, 0.1) is 25.0 Å². The zero-order chi connectivity index (χ0) is 54.5. The highest BCUT2D eigenvalue weighted by Crippen LogP contribution is 2.20. The molecule has 2 unspecified atom stereocenters. The number of amides is 8. The highest BCUT2D eigenvalue weighted by Gasteiger charge is 2.40. The fourth-order valence-corrected chi connectivity index (χ4v) is 7.49. The molecule has 1 saturated heterocycles. The number of aliphatic hydroxyl groups excluding tert-OH is 1. The fraction of sp³-hybridized carbons (Fsp3) is 0.659. The number of rotatable bonds is 35. The number of carboxylic acids is 1. The van der Waals surface area contributed by atoms with Crippen LogP contribution < -0.4 is 76.9 Å². The van der Waals surface area contributed by atoms with E-state index in [2.05, 4.69) is 57.5 Å². The summed E-state index contributed by atoms with van der Waals surface area (Å²) < 4.78 is 0. The number of guanidine groups is 1. The summed E-state index contributed by atoms with van der Waals surface area (Å²) in [6.45, 7) is 1.54. The molecule has 0 spiro atoms. The number of nitrogens with zero attached hydrogens (tertiary/aromatic N) is 3. The second-order valence-electron chi connectivity index (χ2n) is 17.4. The number of hydrogen-bond acceptors (Lipinski definition) is 17. The molecule has 0 aliphatic carbocycles. The quantitative estimate of drug-likeness (QED) is 0.0130. The number of hydrogen-bond donors (Lipinski definition) is 17. The minimum Gasteiger partial charge on any atom is -0.477 e. The van der Waals surface area contributed by atoms with Gasteiger partial charge in [0.25, 0.3) is 0 Å². The van der Waals surface area contributed by atoms with Crippen molar-refractivity contribution in [3.05, 3.63) is 30.0 Å². The van der Waals surface area contributed by atoms with E-state index < -0.39 is 120 Å². The predicted octanol–water partition coefficient (Wildman–Crippen LogP) is -6.84. The molecular weight excluding hydrogens is 957 g/mol. The van der Waals surface area contributed by atoms with E-state index in [0.717, 1.165) is 13.0 Å². The van der Waals surface area contributed by atoms with Gasteiger partial charge in [-0.3, -0.25) is 43.3 Å². The van der Waals surface area contributed by atoms with Crippen molar-refractivity contribution in [3.63, 3.8) is 0 Å². The third-order valence-electron chi connectivity index (χ3n) is 11.5. The van der Waals surface area contributed by atoms with E-state index in [1.807, 2.05) is 0 Å². The Balaban J connectivity index is 2.19. The van der Waals surface area contributed by atoms with Crippen LogP contribution in [-0.2, 0) is 49.6 Å². The number of carbonyl (C=O) groups excluding carboxylic acids is 8. The van der Waals surface area contributed by atoms with Gasteiger partial charge in [0.2, 0.25) is 47.3 Å². The second-order valence-corrected chi connectivity index (χ2v) is 17.4. The Morgan fingerprint density at radius 3 is 2.18 bits per heavy atom. The Hall–Kier alpha value is -6.79. The molecule has 0 aromatic carbocycles. The van der Waals surface area contributed by atoms with Crippen molar-refractivity contribution >= 4 is 59.2 Å². The van der Waals surface area contributed by atoms with Crippen molar-refractivity contribution < 1.29 is 53.4 Å². The molecule has 23 N–H and O–H groups in total. The minimum atomic E-state index is -1.55. The number of aliphatic imine (C=N–C) groups is 1. The van der Waals surface area contributed by atoms with E-state index in [4.69, 9.17) is 34.4 Å². The number of aliphatic hydroxyl groups is 1. The summed E-state index contributed by atoms with van der Waals surface area (Å²) in [4.78, 5) is 132. The molecule has 29 heteroatoms. The van der Waals surface area contributed by atoms with Crippen LogP contribution in [0, 0.1) is 0 Å². The predicted molar refractivity (Wildman–Crippen MR) is 267 cm³/mol. The lowest BCUT2D eigenvalue weighted by atomic mass is 10.1. The van der Waals surface area contributed by atoms with Crippen LogP contribution in [0.25, 0.3) is 0 Å². The molecule has 410 valence electrons. The van der Waals surface area contributed by atoms with Gasteiger partial charge in [-0.05, 0) is 97.8 Å². The molecule has 0 saturated carbocycles. The highest BCUT2D eigenvalue weighted by atomic mass is 16.4. The molecule has 8 atom stereocenters. The van der Waals surface area contributed by atoms with E-state index in [9.17, 15) is 53.4 Å². The van der Waals surface area contributed by atoms with Gasteiger partial charge < -0.3 is 97.0 Å². The third-order valence-corrected chi connectivity index (χ3v) is 11.5. The molecule has 1 fully saturated rings. The smallest absolute Gasteiger partial charge is 0.352 e. The van der Waals surface area contributed by atoms with Crippen molar-refractivity contribution in [2.75, 3.05) is 52.9 Å². The first-order valence-corrected chi connectivity index (χ1v) is 24.3. The average molecular weight is 1040 g/mol. The van der Waals surface area contributed by atoms with Crippen molar-refractivity contribution in [2.24, 2.45) is 39.4 Å². The lowest BCUT2D eigenvalue weighted by Crippen LogP contribution is -2.60. The summed E-state index contributed by atoms with van der Waals surface area (Å²) in [6, 6.07) is -8.74. The SMILES string of the molecule is CNCCCC[C@H](N)C(=O)N[C@H](C(=O)NC(C)C(=O)NCC(=O)N[C@H](CCCN)C(=O)N1CCC[C@H]1C(=O)NC(Cc1cnc[nH]1)C(=O)N[C@@H](CCCCN)C(=O)N/C(=C\CCN=C(N)N)C(=O)O)[C@@H](O)CN. The summed E-state index contributed by atoms with van der Waals surface area (Å²) in [5.74, 6) is -7.94. The second kappa shape index (κ2) is 33.8. The van der Waals surface area contributed by atoms with E-state index in [1.54, 1.807) is 7.05 Å². The maximum absolute atomic E-state index is 14.2. The van der Waals surface area contributed by atoms with Crippen LogP contribution in [0.1, 0.15) is 83.2 Å². The molecule has 1 aliphatic heterocycles. The van der Waals surface area contributed by atoms with Gasteiger partial charge in [-0.2, -0.15) is 0 Å². The number of imidazole rings is 1. The Kier molecular flexibility index (Phi) is 28.8. The maximum Gasteiger partial charge on any atom is 0.352 e. The number of aromatic amines is 1. The van der Waals surface area contributed by atoms with Gasteiger partial charge >= 0.3 is 5.97 Å². The summed E-state index contributed by atoms with van der Waals surface area (Å²) in [7, 11) is 1.79. The molecule has 8 amide bonds. The van der Waals surface area contributed by atoms with Gasteiger partial charge in [0.15, 0.2) is 5.96 Å². The average Bonchev–Trinajstić information content (AvgIpc) is 4.08. The number of carboxylic acid groups (broad SMARTS) is 1. The number of nitrogens with two attached hydrogens (primary N) is 6. The molecule has 2 rings (SSSR count). The summed E-state index contributed by atoms with van der Waals surface area (Å²) in [6.07, 6.45) is 5.88. The number of H-pyrrole nitrogens is 1. The van der Waals surface area contributed by atoms with Crippen LogP contribution >= 0.6 is 0 Å². The standard InChI is InChI=1S/C44H78N18O11/c1-25(56-41(70)35(33(63)21-47)61-37(66)27(48)10-4-6-17-51-2)36(65)54-23-34(64)57-29(12-7-16-46)42(71)62-19-9-14-32(62)40(69)60-31(20-26-22-52-24-55-26)39(68)58-28(11-3-5-15-45)38(67)59-30(43(72)73)13-8-18-53-44(49)50/h13,22,24-25,27-29,31-33,35,51,63H,3-12,14-21,23,45-48H2,1-2H3,(H,52,55)(H,54,65)(H,56,70)(H,57,64)(H,58,68)(H,59,67)(H,60,69)(H,61,66)(H,72,73)(H4,49,50,53)/b30-13-/t25?,27-,28-,29+,31?,32-,33-,35-/m0/s1. The van der Waals surface area contributed by atoms with E-state index in [-0.39, 0.29) is 70.7 Å². The van der Waals surface area contributed by atoms with Gasteiger partial charge in [0, 0.05) is 37.9 Å². The van der Waals surface area contributed by atoms with Crippen molar-refractivity contribution in [1.82, 2.24) is 57.4 Å². The zero-order valence-electron chi connectivity index (χ0n) is 41.7. The minimum absolute atomic E-state index is 0.0434. The Labute approximate surface area is 423 Å². The normalized spacial score (nSPS) is 16.3. The van der Waals surface area contributed by atoms with Crippen LogP contribution in [0.3, 0.4) is 0 Å². The number of nitrogens with one attached hydrogen (secondary N) is 9. The zero-order valence-corrected chi connectivity index (χ0v) is 41.7. The Morgan fingerprint density at radius 1 is 0.849 bits per heavy atom. The molecular formula is C44H78N18O11. The van der Waals surface area contributed by atoms with E-state index in [1.165, 1.54) is 30.4 Å².